The van der Waals surface area contributed by atoms with Gasteiger partial charge in [-0.25, -0.2) is 4.79 Å². The predicted octanol–water partition coefficient (Wildman–Crippen LogP) is 1.47. The smallest absolute Gasteiger partial charge is 0.461 e. The average Bonchev–Trinajstić information content (AvgIpc) is 2.10. The van der Waals surface area contributed by atoms with Gasteiger partial charge in [-0.15, -0.1) is 0 Å². The number of esters is 1. The van der Waals surface area contributed by atoms with E-state index in [0.29, 0.717) is 6.42 Å². The maximum atomic E-state index is 12.2. The number of rotatable bonds is 5. The van der Waals surface area contributed by atoms with Crippen LogP contribution < -0.4 is 5.73 Å². The minimum atomic E-state index is -5.92. The summed E-state index contributed by atoms with van der Waals surface area (Å²) in [6, 6.07) is 0. The molecule has 2 N–H and O–H groups in total. The van der Waals surface area contributed by atoms with Crippen molar-refractivity contribution < 1.29 is 31.5 Å². The average molecular weight is 235 g/mol. The third-order valence-corrected chi connectivity index (χ3v) is 1.44. The van der Waals surface area contributed by atoms with Crippen LogP contribution in [0.4, 0.5) is 22.0 Å². The number of alkyl halides is 5. The van der Waals surface area contributed by atoms with Crippen molar-refractivity contribution in [1.82, 2.24) is 0 Å². The van der Waals surface area contributed by atoms with Crippen LogP contribution in [-0.4, -0.2) is 31.2 Å². The van der Waals surface area contributed by atoms with E-state index >= 15 is 0 Å². The first-order valence-corrected chi connectivity index (χ1v) is 4.05. The Morgan fingerprint density at radius 2 is 1.67 bits per heavy atom. The quantitative estimate of drug-likeness (QED) is 0.446. The molecule has 0 saturated carbocycles. The molecular weight excluding hydrogens is 225 g/mol. The molecular formula is C7H10F5NO2. The second-order valence-corrected chi connectivity index (χ2v) is 2.70. The molecule has 0 radical (unpaired) electrons. The first-order valence-electron chi connectivity index (χ1n) is 4.05. The van der Waals surface area contributed by atoms with Gasteiger partial charge in [-0.05, 0) is 19.4 Å². The van der Waals surface area contributed by atoms with Crippen molar-refractivity contribution in [3.05, 3.63) is 0 Å². The molecule has 90 valence electrons. The fourth-order valence-corrected chi connectivity index (χ4v) is 0.618. The van der Waals surface area contributed by atoms with Crippen LogP contribution in [0.15, 0.2) is 0 Å². The van der Waals surface area contributed by atoms with E-state index in [1.54, 1.807) is 0 Å². The largest absolute Gasteiger partial charge is 0.465 e. The molecule has 0 bridgehead atoms. The second kappa shape index (κ2) is 5.24. The van der Waals surface area contributed by atoms with Crippen LogP contribution in [0.3, 0.4) is 0 Å². The molecule has 0 fully saturated rings. The van der Waals surface area contributed by atoms with Crippen LogP contribution in [0.25, 0.3) is 0 Å². The second-order valence-electron chi connectivity index (χ2n) is 2.70. The minimum absolute atomic E-state index is 0.149. The molecule has 8 heteroatoms. The van der Waals surface area contributed by atoms with E-state index < -0.39 is 24.7 Å². The number of carbonyl (C=O) groups is 1. The van der Waals surface area contributed by atoms with Gasteiger partial charge in [0, 0.05) is 0 Å². The van der Waals surface area contributed by atoms with Crippen LogP contribution in [0.2, 0.25) is 0 Å². The molecule has 0 rings (SSSR count). The Labute approximate surface area is 82.4 Å². The topological polar surface area (TPSA) is 52.3 Å². The summed E-state index contributed by atoms with van der Waals surface area (Å²) in [4.78, 5) is 10.4. The van der Waals surface area contributed by atoms with Crippen molar-refractivity contribution in [2.75, 3.05) is 13.2 Å². The van der Waals surface area contributed by atoms with Gasteiger partial charge in [-0.1, -0.05) is 0 Å². The summed E-state index contributed by atoms with van der Waals surface area (Å²) in [7, 11) is 0. The zero-order valence-electron chi connectivity index (χ0n) is 7.61. The number of hydrogen-bond donors (Lipinski definition) is 1. The zero-order valence-corrected chi connectivity index (χ0v) is 7.61. The third kappa shape index (κ3) is 3.98. The number of ether oxygens (including phenoxy) is 1. The van der Waals surface area contributed by atoms with E-state index in [9.17, 15) is 26.7 Å². The summed E-state index contributed by atoms with van der Waals surface area (Å²) in [6.07, 6.45) is -5.39. The maximum Gasteiger partial charge on any atom is 0.465 e. The van der Waals surface area contributed by atoms with Crippen LogP contribution >= 0.6 is 0 Å². The lowest BCUT2D eigenvalue weighted by atomic mass is 10.3. The first-order chi connectivity index (χ1) is 6.73. The third-order valence-electron chi connectivity index (χ3n) is 1.44. The van der Waals surface area contributed by atoms with E-state index in [1.807, 2.05) is 0 Å². The van der Waals surface area contributed by atoms with Gasteiger partial charge in [0.15, 0.2) is 0 Å². The predicted molar refractivity (Wildman–Crippen MR) is 40.2 cm³/mol. The molecule has 0 amide bonds. The van der Waals surface area contributed by atoms with Crippen molar-refractivity contribution in [1.29, 1.82) is 0 Å². The van der Waals surface area contributed by atoms with Gasteiger partial charge in [0.05, 0.1) is 6.61 Å². The summed E-state index contributed by atoms with van der Waals surface area (Å²) >= 11 is 0. The molecule has 3 nitrogen and oxygen atoms in total. The van der Waals surface area contributed by atoms with E-state index in [4.69, 9.17) is 5.73 Å². The van der Waals surface area contributed by atoms with E-state index in [1.165, 1.54) is 0 Å². The number of nitrogens with two attached hydrogens (primary N) is 1. The summed E-state index contributed by atoms with van der Waals surface area (Å²) in [5.74, 6) is -8.03. The molecule has 0 aliphatic rings. The Bertz CT molecular complexity index is 216. The molecule has 0 aromatic heterocycles. The molecule has 0 heterocycles. The summed E-state index contributed by atoms with van der Waals surface area (Å²) < 4.78 is 63.0. The number of unbranched alkanes of at least 4 members (excludes halogenated alkanes) is 1. The highest BCUT2D eigenvalue weighted by atomic mass is 19.4. The number of halogens is 5. The molecule has 0 saturated heterocycles. The lowest BCUT2D eigenvalue weighted by Gasteiger charge is -2.17. The summed E-state index contributed by atoms with van der Waals surface area (Å²) in [5.41, 5.74) is 5.03. The van der Waals surface area contributed by atoms with Gasteiger partial charge in [0.2, 0.25) is 0 Å². The molecule has 0 aromatic carbocycles. The standard InChI is InChI=1S/C7H10F5NO2/c8-6(9,7(10,11)12)5(14)15-4-2-1-3-13/h1-4,13H2. The fourth-order valence-electron chi connectivity index (χ4n) is 0.618. The van der Waals surface area contributed by atoms with Crippen LogP contribution in [0.1, 0.15) is 12.8 Å². The first kappa shape index (κ1) is 14.1. The Morgan fingerprint density at radius 3 is 2.07 bits per heavy atom. The number of hydrogen-bond acceptors (Lipinski definition) is 3. The van der Waals surface area contributed by atoms with Crippen molar-refractivity contribution in [3.63, 3.8) is 0 Å². The molecule has 0 atom stereocenters. The van der Waals surface area contributed by atoms with E-state index in [0.717, 1.165) is 0 Å². The molecule has 0 unspecified atom stereocenters. The Morgan fingerprint density at radius 1 is 1.13 bits per heavy atom. The van der Waals surface area contributed by atoms with Crippen molar-refractivity contribution in [2.24, 2.45) is 5.73 Å². The molecule has 0 aliphatic carbocycles. The van der Waals surface area contributed by atoms with Crippen LogP contribution in [-0.2, 0) is 9.53 Å². The van der Waals surface area contributed by atoms with Crippen LogP contribution in [0.5, 0.6) is 0 Å². The van der Waals surface area contributed by atoms with Crippen molar-refractivity contribution in [3.8, 4) is 0 Å². The lowest BCUT2D eigenvalue weighted by Crippen LogP contribution is -2.45. The van der Waals surface area contributed by atoms with Crippen molar-refractivity contribution in [2.45, 2.75) is 24.9 Å². The van der Waals surface area contributed by atoms with Crippen molar-refractivity contribution >= 4 is 5.97 Å². The SMILES string of the molecule is NCCCCOC(=O)C(F)(F)C(F)(F)F. The molecule has 0 aliphatic heterocycles. The maximum absolute atomic E-state index is 12.2. The van der Waals surface area contributed by atoms with Gasteiger partial charge in [0.25, 0.3) is 0 Å². The van der Waals surface area contributed by atoms with Gasteiger partial charge < -0.3 is 10.5 Å². The Balaban J connectivity index is 4.10. The van der Waals surface area contributed by atoms with Gasteiger partial charge in [0.1, 0.15) is 0 Å². The highest BCUT2D eigenvalue weighted by Gasteiger charge is 2.64. The zero-order chi connectivity index (χ0) is 12.1. The van der Waals surface area contributed by atoms with Gasteiger partial charge >= 0.3 is 18.1 Å². The molecule has 0 aromatic rings. The summed E-state index contributed by atoms with van der Waals surface area (Å²) in [6.45, 7) is -0.255. The van der Waals surface area contributed by atoms with Gasteiger partial charge in [-0.3, -0.25) is 0 Å². The summed E-state index contributed by atoms with van der Waals surface area (Å²) in [5, 5.41) is 0. The molecule has 0 spiro atoms. The minimum Gasteiger partial charge on any atom is -0.461 e. The highest BCUT2D eigenvalue weighted by Crippen LogP contribution is 2.36. The normalized spacial score (nSPS) is 12.7. The van der Waals surface area contributed by atoms with E-state index in [2.05, 4.69) is 4.74 Å². The fraction of sp³-hybridized carbons (Fsp3) is 0.857. The highest BCUT2D eigenvalue weighted by molar-refractivity contribution is 5.78. The molecule has 15 heavy (non-hydrogen) atoms. The Kier molecular flexibility index (Phi) is 4.92. The Hall–Kier alpha value is -0.920. The van der Waals surface area contributed by atoms with Gasteiger partial charge in [-0.2, -0.15) is 22.0 Å². The number of carbonyl (C=O) groups excluding carboxylic acids is 1. The van der Waals surface area contributed by atoms with E-state index in [-0.39, 0.29) is 13.0 Å². The van der Waals surface area contributed by atoms with Crippen LogP contribution in [0, 0.1) is 0 Å². The lowest BCUT2D eigenvalue weighted by molar-refractivity contribution is -0.280. The monoisotopic (exact) mass is 235 g/mol.